The largest absolute Gasteiger partial charge is 0.522 e. The van der Waals surface area contributed by atoms with Crippen LogP contribution < -0.4 is 0 Å². The van der Waals surface area contributed by atoms with Gasteiger partial charge in [0.15, 0.2) is 0 Å². The van der Waals surface area contributed by atoms with E-state index in [0.29, 0.717) is 0 Å². The van der Waals surface area contributed by atoms with Crippen LogP contribution in [-0.4, -0.2) is 23.0 Å². The van der Waals surface area contributed by atoms with E-state index in [4.69, 9.17) is 0 Å². The van der Waals surface area contributed by atoms with Crippen LogP contribution in [0.15, 0.2) is 0 Å². The molecule has 0 spiro atoms. The van der Waals surface area contributed by atoms with Crippen LogP contribution in [0.5, 0.6) is 0 Å². The number of rotatable bonds is 2. The Bertz CT molecular complexity index is 348. The van der Waals surface area contributed by atoms with Gasteiger partial charge < -0.3 is 3.87 Å². The van der Waals surface area contributed by atoms with Crippen LogP contribution >= 0.6 is 0 Å². The second-order valence-electron chi connectivity index (χ2n) is 5.81. The highest BCUT2D eigenvalue weighted by Crippen LogP contribution is 2.44. The van der Waals surface area contributed by atoms with E-state index in [0.717, 1.165) is 0 Å². The average molecular weight is 291 g/mol. The van der Waals surface area contributed by atoms with Gasteiger partial charge in [-0.15, -0.1) is 0 Å². The lowest BCUT2D eigenvalue weighted by Gasteiger charge is -2.36. The van der Waals surface area contributed by atoms with Crippen molar-refractivity contribution in [2.75, 3.05) is 0 Å². The fraction of sp³-hybridized carbons (Fsp3) is 1.00. The minimum Gasteiger partial charge on any atom is -0.307 e. The van der Waals surface area contributed by atoms with Gasteiger partial charge in [0, 0.05) is 0 Å². The van der Waals surface area contributed by atoms with Crippen molar-refractivity contribution in [2.24, 2.45) is 0 Å². The number of halogens is 3. The van der Waals surface area contributed by atoms with Crippen molar-refractivity contribution >= 4 is 19.2 Å². The van der Waals surface area contributed by atoms with Crippen molar-refractivity contribution in [2.45, 2.75) is 57.1 Å². The normalized spacial score (nSPS) is 15.4. The SMILES string of the molecule is CC(C)(C)[Si](OS(=O)(=O)C(F)(F)F)C(C)(C)C. The Labute approximate surface area is 102 Å². The maximum absolute atomic E-state index is 12.3. The number of hydrogen-bond donors (Lipinski definition) is 0. The quantitative estimate of drug-likeness (QED) is 0.578. The first kappa shape index (κ1) is 16.9. The Morgan fingerprint density at radius 1 is 0.882 bits per heavy atom. The molecule has 0 aliphatic carbocycles. The fourth-order valence-corrected chi connectivity index (χ4v) is 7.04. The third kappa shape index (κ3) is 4.59. The highest BCUT2D eigenvalue weighted by atomic mass is 32.2. The minimum atomic E-state index is -5.52. The lowest BCUT2D eigenvalue weighted by atomic mass is 10.2. The van der Waals surface area contributed by atoms with Crippen LogP contribution in [0.3, 0.4) is 0 Å². The lowest BCUT2D eigenvalue weighted by molar-refractivity contribution is -0.0503. The summed E-state index contributed by atoms with van der Waals surface area (Å²) >= 11 is 0. The molecule has 0 atom stereocenters. The lowest BCUT2D eigenvalue weighted by Crippen LogP contribution is -2.43. The Balaban J connectivity index is 5.33. The molecule has 8 heteroatoms. The molecule has 0 fully saturated rings. The van der Waals surface area contributed by atoms with Crippen molar-refractivity contribution in [1.29, 1.82) is 0 Å². The van der Waals surface area contributed by atoms with E-state index >= 15 is 0 Å². The minimum absolute atomic E-state index is 0.624. The molecule has 1 radical (unpaired) electrons. The Hall–Kier alpha value is -0.0831. The van der Waals surface area contributed by atoms with Crippen molar-refractivity contribution in [3.8, 4) is 0 Å². The first-order chi connectivity index (χ1) is 7.09. The zero-order valence-corrected chi connectivity index (χ0v) is 12.6. The standard InChI is InChI=1S/C9H18F3O3SSi/c1-7(2,3)17(8(4,5)6)15-16(13,14)9(10,11)12/h1-6H3. The third-order valence-electron chi connectivity index (χ3n) is 1.84. The first-order valence-electron chi connectivity index (χ1n) is 4.98. The Morgan fingerprint density at radius 2 is 1.18 bits per heavy atom. The highest BCUT2D eigenvalue weighted by molar-refractivity contribution is 7.88. The summed E-state index contributed by atoms with van der Waals surface area (Å²) in [5, 5.41) is -1.25. The zero-order valence-electron chi connectivity index (χ0n) is 10.8. The van der Waals surface area contributed by atoms with E-state index in [1.54, 1.807) is 41.5 Å². The van der Waals surface area contributed by atoms with E-state index in [9.17, 15) is 21.6 Å². The molecule has 0 saturated carbocycles. The van der Waals surface area contributed by atoms with Gasteiger partial charge >= 0.3 is 15.6 Å². The molecule has 0 aromatic rings. The van der Waals surface area contributed by atoms with Gasteiger partial charge in [0.05, 0.1) is 0 Å². The first-order valence-corrected chi connectivity index (χ1v) is 7.79. The Morgan fingerprint density at radius 3 is 1.35 bits per heavy atom. The molecular weight excluding hydrogens is 273 g/mol. The Kier molecular flexibility index (Phi) is 4.52. The molecule has 0 aromatic carbocycles. The van der Waals surface area contributed by atoms with Gasteiger partial charge in [-0.1, -0.05) is 41.5 Å². The second kappa shape index (κ2) is 4.54. The molecule has 0 heterocycles. The van der Waals surface area contributed by atoms with Gasteiger partial charge in [0.25, 0.3) is 0 Å². The van der Waals surface area contributed by atoms with Crippen molar-refractivity contribution < 1.29 is 25.5 Å². The van der Waals surface area contributed by atoms with E-state index in [-0.39, 0.29) is 0 Å². The van der Waals surface area contributed by atoms with Crippen LogP contribution in [0, 0.1) is 0 Å². The average Bonchev–Trinajstić information content (AvgIpc) is 1.93. The molecule has 0 unspecified atom stereocenters. The maximum Gasteiger partial charge on any atom is 0.522 e. The van der Waals surface area contributed by atoms with Gasteiger partial charge in [-0.05, 0) is 10.1 Å². The third-order valence-corrected chi connectivity index (χ3v) is 6.67. The molecule has 0 bridgehead atoms. The molecule has 0 amide bonds. The summed E-state index contributed by atoms with van der Waals surface area (Å²) in [5.41, 5.74) is -5.36. The molecule has 0 saturated heterocycles. The molecule has 3 nitrogen and oxygen atoms in total. The molecule has 0 rings (SSSR count). The summed E-state index contributed by atoms with van der Waals surface area (Å²) in [6, 6.07) is 0. The molecule has 103 valence electrons. The van der Waals surface area contributed by atoms with Gasteiger partial charge in [-0.25, -0.2) is 0 Å². The molecule has 0 aliphatic rings. The van der Waals surface area contributed by atoms with Crippen molar-refractivity contribution in [3.63, 3.8) is 0 Å². The van der Waals surface area contributed by atoms with Gasteiger partial charge in [-0.3, -0.25) is 0 Å². The summed E-state index contributed by atoms with van der Waals surface area (Å²) < 4.78 is 63.4. The van der Waals surface area contributed by atoms with Crippen LogP contribution in [0.4, 0.5) is 13.2 Å². The second-order valence-corrected chi connectivity index (χ2v) is 11.5. The predicted molar refractivity (Wildman–Crippen MR) is 61.2 cm³/mol. The van der Waals surface area contributed by atoms with Crippen LogP contribution in [-0.2, 0) is 14.0 Å². The molecular formula is C9H18F3O3SSi. The topological polar surface area (TPSA) is 43.4 Å². The molecule has 17 heavy (non-hydrogen) atoms. The molecule has 0 N–H and O–H groups in total. The van der Waals surface area contributed by atoms with E-state index < -0.39 is 34.7 Å². The van der Waals surface area contributed by atoms with Gasteiger partial charge in [0.2, 0.25) is 9.04 Å². The summed E-state index contributed by atoms with van der Waals surface area (Å²) in [4.78, 5) is 0. The summed E-state index contributed by atoms with van der Waals surface area (Å²) in [6.45, 7) is 10.1. The summed E-state index contributed by atoms with van der Waals surface area (Å²) in [6.07, 6.45) is 0. The fourth-order valence-electron chi connectivity index (χ4n) is 1.53. The van der Waals surface area contributed by atoms with Crippen molar-refractivity contribution in [1.82, 2.24) is 0 Å². The smallest absolute Gasteiger partial charge is 0.307 e. The molecule has 0 aromatic heterocycles. The van der Waals surface area contributed by atoms with Crippen molar-refractivity contribution in [3.05, 3.63) is 0 Å². The van der Waals surface area contributed by atoms with Gasteiger partial charge in [0.1, 0.15) is 0 Å². The van der Waals surface area contributed by atoms with Gasteiger partial charge in [-0.2, -0.15) is 21.6 Å². The highest BCUT2D eigenvalue weighted by Gasteiger charge is 2.52. The van der Waals surface area contributed by atoms with E-state index in [1.807, 2.05) is 0 Å². The van der Waals surface area contributed by atoms with Crippen LogP contribution in [0.25, 0.3) is 0 Å². The molecule has 0 aliphatic heterocycles. The summed E-state index contributed by atoms with van der Waals surface area (Å²) in [7, 11) is -7.74. The number of hydrogen-bond acceptors (Lipinski definition) is 3. The maximum atomic E-state index is 12.3. The van der Waals surface area contributed by atoms with Crippen LogP contribution in [0.2, 0.25) is 10.1 Å². The van der Waals surface area contributed by atoms with Crippen LogP contribution in [0.1, 0.15) is 41.5 Å². The predicted octanol–water partition coefficient (Wildman–Crippen LogP) is 3.44. The van der Waals surface area contributed by atoms with E-state index in [2.05, 4.69) is 3.87 Å². The monoisotopic (exact) mass is 291 g/mol. The van der Waals surface area contributed by atoms with E-state index in [1.165, 1.54) is 0 Å². The number of alkyl halides is 3. The zero-order chi connectivity index (χ0) is 14.3. The summed E-state index contributed by atoms with van der Waals surface area (Å²) in [5.74, 6) is 0.